The van der Waals surface area contributed by atoms with Gasteiger partial charge in [-0.3, -0.25) is 0 Å². The van der Waals surface area contributed by atoms with Crippen LogP contribution in [-0.4, -0.2) is 18.1 Å². The lowest BCUT2D eigenvalue weighted by Crippen LogP contribution is -2.04. The summed E-state index contributed by atoms with van der Waals surface area (Å²) in [5.74, 6) is -0.318. The van der Waals surface area contributed by atoms with Crippen LogP contribution < -0.4 is 0 Å². The Balaban J connectivity index is 2.46. The van der Waals surface area contributed by atoms with E-state index < -0.39 is 0 Å². The molecule has 0 N–H and O–H groups in total. The largest absolute Gasteiger partial charge is 0.464 e. The van der Waals surface area contributed by atoms with E-state index in [1.54, 1.807) is 5.51 Å². The van der Waals surface area contributed by atoms with Gasteiger partial charge in [0.2, 0.25) is 0 Å². The van der Waals surface area contributed by atoms with E-state index in [1.807, 2.05) is 0 Å². The maximum absolute atomic E-state index is 11.3. The zero-order chi connectivity index (χ0) is 11.1. The van der Waals surface area contributed by atoms with Gasteiger partial charge in [0.1, 0.15) is 0 Å². The molecule has 0 aromatic carbocycles. The van der Waals surface area contributed by atoms with Crippen LogP contribution in [0.3, 0.4) is 0 Å². The molecule has 0 saturated heterocycles. The van der Waals surface area contributed by atoms with Crippen LogP contribution in [0.5, 0.6) is 0 Å². The Hall–Kier alpha value is -0.900. The lowest BCUT2D eigenvalue weighted by Gasteiger charge is -2.00. The zero-order valence-electron chi connectivity index (χ0n) is 9.28. The van der Waals surface area contributed by atoms with Crippen molar-refractivity contribution in [3.05, 3.63) is 16.1 Å². The standard InChI is InChI=1S/C11H17NO2S/c1-3-4-5-6-7-9-10(11(13)14-2)12-8-15-9/h8H,3-7H2,1-2H3. The summed E-state index contributed by atoms with van der Waals surface area (Å²) in [6.07, 6.45) is 5.77. The fourth-order valence-electron chi connectivity index (χ4n) is 1.42. The predicted octanol–water partition coefficient (Wildman–Crippen LogP) is 3.05. The molecule has 0 aliphatic carbocycles. The van der Waals surface area contributed by atoms with E-state index in [1.165, 1.54) is 37.7 Å². The highest BCUT2D eigenvalue weighted by molar-refractivity contribution is 7.09. The zero-order valence-corrected chi connectivity index (χ0v) is 10.1. The fourth-order valence-corrected chi connectivity index (χ4v) is 2.22. The van der Waals surface area contributed by atoms with Crippen molar-refractivity contribution in [2.75, 3.05) is 7.11 Å². The number of nitrogens with zero attached hydrogens (tertiary/aromatic N) is 1. The normalized spacial score (nSPS) is 10.3. The van der Waals surface area contributed by atoms with Gasteiger partial charge in [-0.1, -0.05) is 26.2 Å². The quantitative estimate of drug-likeness (QED) is 0.554. The van der Waals surface area contributed by atoms with Gasteiger partial charge in [0.15, 0.2) is 5.69 Å². The van der Waals surface area contributed by atoms with Gasteiger partial charge < -0.3 is 4.74 Å². The van der Waals surface area contributed by atoms with Crippen molar-refractivity contribution in [3.8, 4) is 0 Å². The molecule has 0 amide bonds. The van der Waals surface area contributed by atoms with Crippen LogP contribution in [-0.2, 0) is 11.2 Å². The third-order valence-corrected chi connectivity index (χ3v) is 3.17. The summed E-state index contributed by atoms with van der Waals surface area (Å²) < 4.78 is 4.67. The summed E-state index contributed by atoms with van der Waals surface area (Å²) in [4.78, 5) is 16.4. The molecule has 1 aromatic rings. The number of carbonyl (C=O) groups is 1. The molecule has 1 rings (SSSR count). The highest BCUT2D eigenvalue weighted by Crippen LogP contribution is 2.17. The van der Waals surface area contributed by atoms with Crippen molar-refractivity contribution in [2.24, 2.45) is 0 Å². The van der Waals surface area contributed by atoms with Crippen molar-refractivity contribution in [1.29, 1.82) is 0 Å². The number of unbranched alkanes of at least 4 members (excludes halogenated alkanes) is 3. The maximum atomic E-state index is 11.3. The molecule has 0 aliphatic heterocycles. The Kier molecular flexibility index (Phi) is 5.32. The number of esters is 1. The lowest BCUT2D eigenvalue weighted by molar-refractivity contribution is 0.0593. The second kappa shape index (κ2) is 6.56. The Bertz CT molecular complexity index is 309. The average molecular weight is 227 g/mol. The molecule has 0 spiro atoms. The van der Waals surface area contributed by atoms with Gasteiger partial charge in [-0.2, -0.15) is 0 Å². The first-order valence-corrected chi connectivity index (χ1v) is 6.18. The molecule has 0 aliphatic rings. The number of carbonyl (C=O) groups excluding carboxylic acids is 1. The van der Waals surface area contributed by atoms with Crippen LogP contribution in [0.4, 0.5) is 0 Å². The number of aromatic nitrogens is 1. The number of thiazole rings is 1. The number of aryl methyl sites for hydroxylation is 1. The molecule has 0 bridgehead atoms. The Morgan fingerprint density at radius 3 is 2.93 bits per heavy atom. The minimum Gasteiger partial charge on any atom is -0.464 e. The molecule has 3 nitrogen and oxygen atoms in total. The van der Waals surface area contributed by atoms with Crippen molar-refractivity contribution in [1.82, 2.24) is 4.98 Å². The summed E-state index contributed by atoms with van der Waals surface area (Å²) in [6, 6.07) is 0. The summed E-state index contributed by atoms with van der Waals surface area (Å²) in [5.41, 5.74) is 2.21. The minimum absolute atomic E-state index is 0.318. The minimum atomic E-state index is -0.318. The van der Waals surface area contributed by atoms with Crippen LogP contribution in [0.2, 0.25) is 0 Å². The number of hydrogen-bond donors (Lipinski definition) is 0. The van der Waals surface area contributed by atoms with Gasteiger partial charge >= 0.3 is 5.97 Å². The second-order valence-electron chi connectivity index (χ2n) is 3.43. The predicted molar refractivity (Wildman–Crippen MR) is 61.3 cm³/mol. The van der Waals surface area contributed by atoms with Crippen molar-refractivity contribution in [2.45, 2.75) is 39.0 Å². The van der Waals surface area contributed by atoms with E-state index >= 15 is 0 Å². The van der Waals surface area contributed by atoms with Crippen molar-refractivity contribution >= 4 is 17.3 Å². The molecule has 84 valence electrons. The van der Waals surface area contributed by atoms with Crippen LogP contribution >= 0.6 is 11.3 Å². The molecule has 4 heteroatoms. The van der Waals surface area contributed by atoms with Crippen LogP contribution in [0.25, 0.3) is 0 Å². The highest BCUT2D eigenvalue weighted by Gasteiger charge is 2.14. The molecule has 0 radical (unpaired) electrons. The van der Waals surface area contributed by atoms with E-state index in [4.69, 9.17) is 0 Å². The number of rotatable bonds is 6. The molecule has 0 unspecified atom stereocenters. The van der Waals surface area contributed by atoms with E-state index in [2.05, 4.69) is 16.6 Å². The molecule has 1 aromatic heterocycles. The van der Waals surface area contributed by atoms with Gasteiger partial charge in [0.05, 0.1) is 12.6 Å². The van der Waals surface area contributed by atoms with E-state index in [0.717, 1.165) is 17.7 Å². The van der Waals surface area contributed by atoms with Crippen LogP contribution in [0.15, 0.2) is 5.51 Å². The maximum Gasteiger partial charge on any atom is 0.357 e. The van der Waals surface area contributed by atoms with E-state index in [0.29, 0.717) is 5.69 Å². The first-order chi connectivity index (χ1) is 7.29. The van der Waals surface area contributed by atoms with Gasteiger partial charge in [0, 0.05) is 4.88 Å². The topological polar surface area (TPSA) is 39.2 Å². The SMILES string of the molecule is CCCCCCc1scnc1C(=O)OC. The first kappa shape index (κ1) is 12.2. The average Bonchev–Trinajstić information content (AvgIpc) is 2.71. The smallest absolute Gasteiger partial charge is 0.357 e. The van der Waals surface area contributed by atoms with E-state index in [9.17, 15) is 4.79 Å². The molecule has 0 atom stereocenters. The molecule has 15 heavy (non-hydrogen) atoms. The third-order valence-electron chi connectivity index (χ3n) is 2.28. The van der Waals surface area contributed by atoms with Gasteiger partial charge in [-0.25, -0.2) is 9.78 Å². The number of methoxy groups -OCH3 is 1. The van der Waals surface area contributed by atoms with Gasteiger partial charge in [0.25, 0.3) is 0 Å². The number of hydrogen-bond acceptors (Lipinski definition) is 4. The van der Waals surface area contributed by atoms with Crippen molar-refractivity contribution < 1.29 is 9.53 Å². The monoisotopic (exact) mass is 227 g/mol. The second-order valence-corrected chi connectivity index (χ2v) is 4.37. The highest BCUT2D eigenvalue weighted by atomic mass is 32.1. The van der Waals surface area contributed by atoms with E-state index in [-0.39, 0.29) is 5.97 Å². The number of ether oxygens (including phenoxy) is 1. The van der Waals surface area contributed by atoms with Crippen LogP contribution in [0.1, 0.15) is 48.0 Å². The van der Waals surface area contributed by atoms with Crippen molar-refractivity contribution in [3.63, 3.8) is 0 Å². The Morgan fingerprint density at radius 2 is 2.27 bits per heavy atom. The van der Waals surface area contributed by atoms with Crippen LogP contribution in [0, 0.1) is 0 Å². The molecule has 0 saturated carbocycles. The first-order valence-electron chi connectivity index (χ1n) is 5.30. The molecular weight excluding hydrogens is 210 g/mol. The molecule has 0 fully saturated rings. The Labute approximate surface area is 94.5 Å². The summed E-state index contributed by atoms with van der Waals surface area (Å²) in [6.45, 7) is 2.19. The lowest BCUT2D eigenvalue weighted by atomic mass is 10.1. The summed E-state index contributed by atoms with van der Waals surface area (Å²) >= 11 is 1.54. The van der Waals surface area contributed by atoms with Gasteiger partial charge in [-0.15, -0.1) is 11.3 Å². The summed E-state index contributed by atoms with van der Waals surface area (Å²) in [5, 5.41) is 0. The third kappa shape index (κ3) is 3.63. The molecule has 1 heterocycles. The molecular formula is C11H17NO2S. The fraction of sp³-hybridized carbons (Fsp3) is 0.636. The van der Waals surface area contributed by atoms with Gasteiger partial charge in [-0.05, 0) is 12.8 Å². The summed E-state index contributed by atoms with van der Waals surface area (Å²) in [7, 11) is 1.39. The Morgan fingerprint density at radius 1 is 1.47 bits per heavy atom.